The largest absolute Gasteiger partial charge is 0.481 e. The zero-order valence-corrected chi connectivity index (χ0v) is 8.34. The first-order chi connectivity index (χ1) is 5.75. The van der Waals surface area contributed by atoms with Crippen molar-refractivity contribution in [3.63, 3.8) is 0 Å². The Morgan fingerprint density at radius 3 is 1.69 bits per heavy atom. The number of carboxylic acid groups (broad SMARTS) is 1. The van der Waals surface area contributed by atoms with Crippen LogP contribution < -0.4 is 10.9 Å². The van der Waals surface area contributed by atoms with Crippen molar-refractivity contribution in [2.24, 2.45) is 11.3 Å². The van der Waals surface area contributed by atoms with Crippen molar-refractivity contribution in [3.8, 4) is 0 Å². The molecule has 1 atom stereocenters. The van der Waals surface area contributed by atoms with Gasteiger partial charge in [0, 0.05) is 0 Å². The Morgan fingerprint density at radius 2 is 1.69 bits per heavy atom. The van der Waals surface area contributed by atoms with Gasteiger partial charge in [0.2, 0.25) is 0 Å². The van der Waals surface area contributed by atoms with E-state index in [1.165, 1.54) is 0 Å². The summed E-state index contributed by atoms with van der Waals surface area (Å²) in [6.45, 7) is 7.49. The zero-order chi connectivity index (χ0) is 10.6. The molecular formula is C8H16N2O3. The highest BCUT2D eigenvalue weighted by atomic mass is 16.4. The number of carbonyl (C=O) groups is 2. The maximum atomic E-state index is 10.3. The number of hydrogen-bond acceptors (Lipinski definition) is 2. The van der Waals surface area contributed by atoms with Crippen LogP contribution in [0.3, 0.4) is 0 Å². The van der Waals surface area contributed by atoms with Crippen LogP contribution in [0.25, 0.3) is 0 Å². The van der Waals surface area contributed by atoms with E-state index in [9.17, 15) is 9.59 Å². The van der Waals surface area contributed by atoms with E-state index in [1.807, 2.05) is 20.8 Å². The summed E-state index contributed by atoms with van der Waals surface area (Å²) < 4.78 is 0. The topological polar surface area (TPSA) is 98.2 Å². The number of rotatable bonds is 1. The summed E-state index contributed by atoms with van der Waals surface area (Å²) in [5.74, 6) is -0.986. The number of carboxylic acids is 1. The molecule has 0 bridgehead atoms. The Kier molecular flexibility index (Phi) is 3.71. The molecule has 1 fully saturated rings. The van der Waals surface area contributed by atoms with Gasteiger partial charge >= 0.3 is 12.0 Å². The summed E-state index contributed by atoms with van der Waals surface area (Å²) in [4.78, 5) is 19.7. The number of carbonyl (C=O) groups excluding carboxylic acids is 1. The number of hydrogen-bond donors (Lipinski definition) is 3. The van der Waals surface area contributed by atoms with Crippen molar-refractivity contribution in [2.75, 3.05) is 0 Å². The lowest BCUT2D eigenvalue weighted by molar-refractivity contribution is -0.144. The summed E-state index contributed by atoms with van der Waals surface area (Å²) in [5, 5.41) is 8.52. The molecule has 3 N–H and O–H groups in total. The normalized spacial score (nSPS) is 15.8. The van der Waals surface area contributed by atoms with Crippen LogP contribution in [-0.2, 0) is 4.79 Å². The van der Waals surface area contributed by atoms with Gasteiger partial charge in [0.05, 0.1) is 5.92 Å². The molecule has 1 rings (SSSR count). The maximum Gasteiger partial charge on any atom is 0.352 e. The highest BCUT2D eigenvalue weighted by Crippen LogP contribution is 2.24. The monoisotopic (exact) mass is 188 g/mol. The molecule has 1 aliphatic rings. The van der Waals surface area contributed by atoms with E-state index in [2.05, 4.69) is 10.9 Å². The molecular weight excluding hydrogens is 172 g/mol. The molecule has 76 valence electrons. The van der Waals surface area contributed by atoms with E-state index in [-0.39, 0.29) is 17.4 Å². The lowest BCUT2D eigenvalue weighted by Crippen LogP contribution is -2.25. The van der Waals surface area contributed by atoms with Gasteiger partial charge in [0.1, 0.15) is 0 Å². The third-order valence-corrected chi connectivity index (χ3v) is 1.90. The Labute approximate surface area is 77.5 Å². The third-order valence-electron chi connectivity index (χ3n) is 1.90. The molecule has 1 unspecified atom stereocenters. The van der Waals surface area contributed by atoms with E-state index >= 15 is 0 Å². The minimum Gasteiger partial charge on any atom is -0.481 e. The number of hydrazine groups is 1. The standard InChI is InChI=1S/C7H14O2.CH2N2O/c1-5(6(8)9)7(2,3)4;4-1-2-3-1/h5H,1-4H3,(H,8,9);(H2,2,3,4). The van der Waals surface area contributed by atoms with Gasteiger partial charge in [-0.05, 0) is 5.41 Å². The Morgan fingerprint density at radius 1 is 1.38 bits per heavy atom. The highest BCUT2D eigenvalue weighted by molar-refractivity contribution is 5.85. The van der Waals surface area contributed by atoms with Crippen molar-refractivity contribution in [1.82, 2.24) is 10.9 Å². The van der Waals surface area contributed by atoms with Crippen LogP contribution in [0.2, 0.25) is 0 Å². The molecule has 1 saturated heterocycles. The highest BCUT2D eigenvalue weighted by Gasteiger charge is 2.25. The molecule has 0 aliphatic carbocycles. The second-order valence-electron chi connectivity index (χ2n) is 4.01. The molecule has 5 nitrogen and oxygen atoms in total. The van der Waals surface area contributed by atoms with Gasteiger partial charge < -0.3 is 5.11 Å². The smallest absolute Gasteiger partial charge is 0.352 e. The molecule has 0 saturated carbocycles. The molecule has 2 amide bonds. The summed E-state index contributed by atoms with van der Waals surface area (Å²) in [6.07, 6.45) is 0. The van der Waals surface area contributed by atoms with Crippen molar-refractivity contribution < 1.29 is 14.7 Å². The second-order valence-corrected chi connectivity index (χ2v) is 4.01. The average molecular weight is 188 g/mol. The van der Waals surface area contributed by atoms with Gasteiger partial charge in [-0.3, -0.25) is 4.79 Å². The molecule has 1 heterocycles. The fraction of sp³-hybridized carbons (Fsp3) is 0.750. The van der Waals surface area contributed by atoms with Gasteiger partial charge in [-0.15, -0.1) is 0 Å². The molecule has 0 radical (unpaired) electrons. The minimum absolute atomic E-state index is 0.0833. The Bertz CT molecular complexity index is 202. The van der Waals surface area contributed by atoms with Gasteiger partial charge in [-0.25, -0.2) is 15.6 Å². The van der Waals surface area contributed by atoms with Crippen LogP contribution in [0.15, 0.2) is 0 Å². The minimum atomic E-state index is -0.720. The average Bonchev–Trinajstić information content (AvgIpc) is 2.69. The van der Waals surface area contributed by atoms with E-state index in [4.69, 9.17) is 5.11 Å². The summed E-state index contributed by atoms with van der Waals surface area (Å²) >= 11 is 0. The van der Waals surface area contributed by atoms with E-state index in [0.717, 1.165) is 0 Å². The number of aliphatic carboxylic acids is 1. The van der Waals surface area contributed by atoms with Crippen LogP contribution in [0, 0.1) is 11.3 Å². The molecule has 5 heteroatoms. The van der Waals surface area contributed by atoms with Crippen LogP contribution >= 0.6 is 0 Å². The first kappa shape index (κ1) is 11.7. The first-order valence-corrected chi connectivity index (χ1v) is 4.04. The molecule has 0 aromatic carbocycles. The quantitative estimate of drug-likeness (QED) is 0.534. The van der Waals surface area contributed by atoms with Crippen LogP contribution in [-0.4, -0.2) is 17.1 Å². The predicted molar refractivity (Wildman–Crippen MR) is 47.9 cm³/mol. The maximum absolute atomic E-state index is 10.3. The van der Waals surface area contributed by atoms with Crippen LogP contribution in [0.4, 0.5) is 4.79 Å². The van der Waals surface area contributed by atoms with Crippen molar-refractivity contribution >= 4 is 12.0 Å². The fourth-order valence-electron chi connectivity index (χ4n) is 0.396. The number of amides is 2. The van der Waals surface area contributed by atoms with E-state index in [0.29, 0.717) is 0 Å². The molecule has 0 aromatic heterocycles. The Balaban J connectivity index is 0.000000293. The van der Waals surface area contributed by atoms with Crippen molar-refractivity contribution in [2.45, 2.75) is 27.7 Å². The second kappa shape index (κ2) is 4.11. The first-order valence-electron chi connectivity index (χ1n) is 4.04. The van der Waals surface area contributed by atoms with Crippen molar-refractivity contribution in [1.29, 1.82) is 0 Å². The molecule has 0 spiro atoms. The lowest BCUT2D eigenvalue weighted by Gasteiger charge is -2.22. The fourth-order valence-corrected chi connectivity index (χ4v) is 0.396. The summed E-state index contributed by atoms with van der Waals surface area (Å²) in [5.41, 5.74) is 4.30. The van der Waals surface area contributed by atoms with E-state index in [1.54, 1.807) is 6.92 Å². The molecule has 0 aromatic rings. The van der Waals surface area contributed by atoms with Gasteiger partial charge in [-0.2, -0.15) is 0 Å². The molecule has 13 heavy (non-hydrogen) atoms. The predicted octanol–water partition coefficient (Wildman–Crippen LogP) is 0.967. The van der Waals surface area contributed by atoms with Crippen LogP contribution in [0.5, 0.6) is 0 Å². The summed E-state index contributed by atoms with van der Waals surface area (Å²) in [7, 11) is 0. The van der Waals surface area contributed by atoms with Gasteiger partial charge in [0.25, 0.3) is 0 Å². The van der Waals surface area contributed by atoms with Crippen LogP contribution in [0.1, 0.15) is 27.7 Å². The zero-order valence-electron chi connectivity index (χ0n) is 8.34. The number of urea groups is 1. The third kappa shape index (κ3) is 5.95. The summed E-state index contributed by atoms with van der Waals surface area (Å²) in [6, 6.07) is -0.0833. The lowest BCUT2D eigenvalue weighted by atomic mass is 9.82. The number of nitrogens with one attached hydrogen (secondary N) is 2. The van der Waals surface area contributed by atoms with Gasteiger partial charge in [-0.1, -0.05) is 27.7 Å². The van der Waals surface area contributed by atoms with Crippen molar-refractivity contribution in [3.05, 3.63) is 0 Å². The van der Waals surface area contributed by atoms with Gasteiger partial charge in [0.15, 0.2) is 0 Å². The SMILES string of the molecule is CC(C(=O)O)C(C)(C)C.O=C1NN1. The Hall–Kier alpha value is -1.26. The van der Waals surface area contributed by atoms with E-state index < -0.39 is 5.97 Å². The molecule has 1 aliphatic heterocycles.